The van der Waals surface area contributed by atoms with Crippen LogP contribution in [0.15, 0.2) is 36.5 Å². The van der Waals surface area contributed by atoms with Gasteiger partial charge in [-0.1, -0.05) is 211 Å². The minimum Gasteiger partial charge on any atom is -0.462 e. The zero-order valence-electron chi connectivity index (χ0n) is 36.6. The molecular formula is C49H91NO5. The molecule has 3 N–H and O–H groups in total. The monoisotopic (exact) mass is 774 g/mol. The molecule has 0 saturated carbocycles. The van der Waals surface area contributed by atoms with Crippen LogP contribution in [-0.2, 0) is 14.3 Å². The molecule has 0 aliphatic rings. The lowest BCUT2D eigenvalue weighted by Gasteiger charge is -2.24. The molecule has 0 aromatic rings. The van der Waals surface area contributed by atoms with Crippen LogP contribution in [0, 0.1) is 0 Å². The van der Waals surface area contributed by atoms with Crippen LogP contribution in [0.4, 0.5) is 0 Å². The molecule has 0 fully saturated rings. The van der Waals surface area contributed by atoms with Crippen molar-refractivity contribution in [2.24, 2.45) is 0 Å². The molecule has 3 atom stereocenters. The summed E-state index contributed by atoms with van der Waals surface area (Å²) in [4.78, 5) is 25.9. The summed E-state index contributed by atoms with van der Waals surface area (Å²) in [6.07, 6.45) is 49.3. The van der Waals surface area contributed by atoms with Crippen molar-refractivity contribution < 1.29 is 24.5 Å². The van der Waals surface area contributed by atoms with Crippen molar-refractivity contribution in [2.45, 2.75) is 257 Å². The van der Waals surface area contributed by atoms with Crippen LogP contribution in [0.5, 0.6) is 0 Å². The van der Waals surface area contributed by atoms with E-state index >= 15 is 0 Å². The van der Waals surface area contributed by atoms with E-state index in [2.05, 4.69) is 62.5 Å². The zero-order chi connectivity index (χ0) is 40.3. The summed E-state index contributed by atoms with van der Waals surface area (Å²) in [6, 6.07) is -0.700. The Kier molecular flexibility index (Phi) is 41.7. The second-order valence-corrected chi connectivity index (χ2v) is 16.2. The van der Waals surface area contributed by atoms with E-state index in [1.165, 1.54) is 116 Å². The summed E-state index contributed by atoms with van der Waals surface area (Å²) in [6.45, 7) is 6.42. The van der Waals surface area contributed by atoms with Gasteiger partial charge >= 0.3 is 5.97 Å². The molecule has 0 spiro atoms. The second kappa shape index (κ2) is 43.2. The van der Waals surface area contributed by atoms with E-state index in [9.17, 15) is 19.8 Å². The first-order chi connectivity index (χ1) is 27.0. The zero-order valence-corrected chi connectivity index (χ0v) is 36.6. The van der Waals surface area contributed by atoms with Gasteiger partial charge in [0.1, 0.15) is 6.10 Å². The highest BCUT2D eigenvalue weighted by Crippen LogP contribution is 2.17. The number of esters is 1. The molecule has 0 rings (SSSR count). The molecule has 0 saturated heterocycles. The Balaban J connectivity index is 4.44. The molecule has 1 amide bonds. The summed E-state index contributed by atoms with van der Waals surface area (Å²) in [5.41, 5.74) is 0. The Hall–Kier alpha value is -1.92. The van der Waals surface area contributed by atoms with E-state index in [0.29, 0.717) is 19.3 Å². The average Bonchev–Trinajstić information content (AvgIpc) is 3.18. The van der Waals surface area contributed by atoms with Crippen molar-refractivity contribution in [1.82, 2.24) is 5.32 Å². The maximum Gasteiger partial charge on any atom is 0.306 e. The lowest BCUT2D eigenvalue weighted by Crippen LogP contribution is -2.46. The molecular weight excluding hydrogens is 683 g/mol. The molecule has 3 unspecified atom stereocenters. The maximum absolute atomic E-state index is 13.1. The van der Waals surface area contributed by atoms with Crippen molar-refractivity contribution in [1.29, 1.82) is 0 Å². The van der Waals surface area contributed by atoms with Crippen LogP contribution >= 0.6 is 0 Å². The standard InChI is InChI=1S/C49H91NO5/c1-4-7-10-13-16-18-20-21-22-23-24-25-26-28-30-33-36-39-42-49(54)55-45(40-37-34-31-15-12-9-6-3)43-48(53)50-46(44-51)47(52)41-38-35-32-29-27-19-17-14-11-8-5-2/h20-25,45-47,51-52H,4-19,26-44H2,1-3H3,(H,50,53)/b21-20+,23-22+,25-24+. The van der Waals surface area contributed by atoms with E-state index in [1.807, 2.05) is 0 Å². The highest BCUT2D eigenvalue weighted by molar-refractivity contribution is 5.77. The molecule has 0 heterocycles. The van der Waals surface area contributed by atoms with E-state index in [4.69, 9.17) is 4.74 Å². The summed E-state index contributed by atoms with van der Waals surface area (Å²) in [7, 11) is 0. The Morgan fingerprint density at radius 3 is 1.38 bits per heavy atom. The van der Waals surface area contributed by atoms with Gasteiger partial charge in [-0.25, -0.2) is 0 Å². The van der Waals surface area contributed by atoms with Gasteiger partial charge in [-0.05, 0) is 51.4 Å². The van der Waals surface area contributed by atoms with Gasteiger partial charge in [0.15, 0.2) is 0 Å². The minimum absolute atomic E-state index is 0.0708. The van der Waals surface area contributed by atoms with E-state index in [-0.39, 0.29) is 24.9 Å². The quantitative estimate of drug-likeness (QED) is 0.0326. The van der Waals surface area contributed by atoms with Crippen molar-refractivity contribution in [3.8, 4) is 0 Å². The lowest BCUT2D eigenvalue weighted by atomic mass is 10.0. The van der Waals surface area contributed by atoms with E-state index < -0.39 is 18.2 Å². The lowest BCUT2D eigenvalue weighted by molar-refractivity contribution is -0.151. The van der Waals surface area contributed by atoms with E-state index in [1.54, 1.807) is 0 Å². The summed E-state index contributed by atoms with van der Waals surface area (Å²) in [5, 5.41) is 23.6. The first-order valence-corrected chi connectivity index (χ1v) is 23.7. The molecule has 322 valence electrons. The first kappa shape index (κ1) is 53.1. The number of ether oxygens (including phenoxy) is 1. The first-order valence-electron chi connectivity index (χ1n) is 23.7. The van der Waals surface area contributed by atoms with Gasteiger partial charge in [-0.2, -0.15) is 0 Å². The topological polar surface area (TPSA) is 95.9 Å². The molecule has 0 aliphatic heterocycles. The van der Waals surface area contributed by atoms with Crippen LogP contribution in [0.25, 0.3) is 0 Å². The highest BCUT2D eigenvalue weighted by atomic mass is 16.5. The van der Waals surface area contributed by atoms with Gasteiger partial charge in [-0.3, -0.25) is 9.59 Å². The maximum atomic E-state index is 13.1. The number of aliphatic hydroxyl groups excluding tert-OH is 2. The molecule has 0 aromatic carbocycles. The molecule has 0 aliphatic carbocycles. The van der Waals surface area contributed by atoms with Gasteiger partial charge in [0, 0.05) is 6.42 Å². The molecule has 55 heavy (non-hydrogen) atoms. The number of nitrogens with one attached hydrogen (secondary N) is 1. The SMILES string of the molecule is CCCCCCC/C=C/C=C/C=C/CCCCCCCC(=O)OC(CCCCCCCCC)CC(=O)NC(CO)C(O)CCCCCCCCCCCCC. The Bertz CT molecular complexity index is 915. The van der Waals surface area contributed by atoms with Crippen LogP contribution in [0.2, 0.25) is 0 Å². The molecule has 6 heteroatoms. The number of rotatable bonds is 42. The predicted molar refractivity (Wildman–Crippen MR) is 236 cm³/mol. The Morgan fingerprint density at radius 2 is 0.927 bits per heavy atom. The number of unbranched alkanes of at least 4 members (excludes halogenated alkanes) is 26. The van der Waals surface area contributed by atoms with Crippen LogP contribution < -0.4 is 5.32 Å². The second-order valence-electron chi connectivity index (χ2n) is 16.2. The minimum atomic E-state index is -0.786. The predicted octanol–water partition coefficient (Wildman–Crippen LogP) is 13.7. The van der Waals surface area contributed by atoms with Crippen molar-refractivity contribution >= 4 is 11.9 Å². The number of carbonyl (C=O) groups is 2. The summed E-state index contributed by atoms with van der Waals surface area (Å²) >= 11 is 0. The summed E-state index contributed by atoms with van der Waals surface area (Å²) < 4.78 is 5.87. The molecule has 0 bridgehead atoms. The number of hydrogen-bond acceptors (Lipinski definition) is 5. The number of carbonyl (C=O) groups excluding carboxylic acids is 2. The van der Waals surface area contributed by atoms with Gasteiger partial charge < -0.3 is 20.3 Å². The van der Waals surface area contributed by atoms with Crippen molar-refractivity contribution in [2.75, 3.05) is 6.61 Å². The van der Waals surface area contributed by atoms with E-state index in [0.717, 1.165) is 77.0 Å². The number of aliphatic hydroxyl groups is 2. The fraction of sp³-hybridized carbons (Fsp3) is 0.837. The van der Waals surface area contributed by atoms with Crippen LogP contribution in [0.3, 0.4) is 0 Å². The normalized spacial score (nSPS) is 13.6. The fourth-order valence-corrected chi connectivity index (χ4v) is 7.14. The van der Waals surface area contributed by atoms with Gasteiger partial charge in [0.25, 0.3) is 0 Å². The molecule has 0 radical (unpaired) electrons. The van der Waals surface area contributed by atoms with Gasteiger partial charge in [-0.15, -0.1) is 0 Å². The third-order valence-electron chi connectivity index (χ3n) is 10.8. The molecule has 6 nitrogen and oxygen atoms in total. The van der Waals surface area contributed by atoms with Gasteiger partial charge in [0.2, 0.25) is 5.91 Å². The molecule has 0 aromatic heterocycles. The number of hydrogen-bond donors (Lipinski definition) is 3. The average molecular weight is 774 g/mol. The van der Waals surface area contributed by atoms with Gasteiger partial charge in [0.05, 0.1) is 25.2 Å². The number of amides is 1. The van der Waals surface area contributed by atoms with Crippen LogP contribution in [-0.4, -0.2) is 46.9 Å². The third-order valence-corrected chi connectivity index (χ3v) is 10.8. The van der Waals surface area contributed by atoms with Crippen molar-refractivity contribution in [3.63, 3.8) is 0 Å². The summed E-state index contributed by atoms with van der Waals surface area (Å²) in [5.74, 6) is -0.497. The van der Waals surface area contributed by atoms with Crippen LogP contribution in [0.1, 0.15) is 239 Å². The highest BCUT2D eigenvalue weighted by Gasteiger charge is 2.24. The number of allylic oxidation sites excluding steroid dienone is 6. The van der Waals surface area contributed by atoms with Crippen molar-refractivity contribution in [3.05, 3.63) is 36.5 Å². The Morgan fingerprint density at radius 1 is 0.527 bits per heavy atom. The largest absolute Gasteiger partial charge is 0.462 e. The Labute approximate surface area is 341 Å². The third kappa shape index (κ3) is 38.7. The fourth-order valence-electron chi connectivity index (χ4n) is 7.14. The smallest absolute Gasteiger partial charge is 0.306 e.